The van der Waals surface area contributed by atoms with Gasteiger partial charge in [-0.2, -0.15) is 0 Å². The quantitative estimate of drug-likeness (QED) is 0.840. The number of nitrogens with two attached hydrogens (primary N) is 1. The molecule has 3 nitrogen and oxygen atoms in total. The van der Waals surface area contributed by atoms with Gasteiger partial charge in [-0.05, 0) is 43.5 Å². The van der Waals surface area contributed by atoms with E-state index in [2.05, 4.69) is 0 Å². The van der Waals surface area contributed by atoms with E-state index in [0.717, 1.165) is 19.1 Å². The van der Waals surface area contributed by atoms with E-state index in [1.165, 1.54) is 12.1 Å². The molecule has 6 heteroatoms. The molecule has 0 aromatic heterocycles. The molecule has 0 amide bonds. The summed E-state index contributed by atoms with van der Waals surface area (Å²) in [5.41, 5.74) is 6.04. The molecule has 0 heterocycles. The number of aryl methyl sites for hydroxylation is 1. The van der Waals surface area contributed by atoms with Gasteiger partial charge in [0.2, 0.25) is 0 Å². The fraction of sp³-hybridized carbons (Fsp3) is 0.455. The summed E-state index contributed by atoms with van der Waals surface area (Å²) in [5.74, 6) is -0.789. The second kappa shape index (κ2) is 5.80. The van der Waals surface area contributed by atoms with Crippen molar-refractivity contribution in [2.75, 3.05) is 12.8 Å². The van der Waals surface area contributed by atoms with Crippen LogP contribution in [0.4, 0.5) is 4.39 Å². The molecule has 1 aromatic rings. The predicted molar refractivity (Wildman–Crippen MR) is 66.5 cm³/mol. The van der Waals surface area contributed by atoms with Crippen LogP contribution in [-0.2, 0) is 16.3 Å². The van der Waals surface area contributed by atoms with Gasteiger partial charge in [0.1, 0.15) is 10.7 Å². The fourth-order valence-corrected chi connectivity index (χ4v) is 3.06. The number of halogens is 2. The van der Waals surface area contributed by atoms with Crippen LogP contribution in [0.5, 0.6) is 0 Å². The van der Waals surface area contributed by atoms with Gasteiger partial charge in [0.05, 0.1) is 5.02 Å². The van der Waals surface area contributed by atoms with Crippen molar-refractivity contribution in [2.45, 2.75) is 24.2 Å². The van der Waals surface area contributed by atoms with Crippen LogP contribution in [0.25, 0.3) is 0 Å². The highest BCUT2D eigenvalue weighted by atomic mass is 35.5. The van der Waals surface area contributed by atoms with Gasteiger partial charge in [-0.15, -0.1) is 0 Å². The van der Waals surface area contributed by atoms with E-state index in [4.69, 9.17) is 17.3 Å². The number of rotatable bonds is 5. The largest absolute Gasteiger partial charge is 0.330 e. The molecule has 2 N–H and O–H groups in total. The van der Waals surface area contributed by atoms with Crippen LogP contribution in [0.15, 0.2) is 17.0 Å². The molecule has 0 aliphatic rings. The summed E-state index contributed by atoms with van der Waals surface area (Å²) in [6.07, 6.45) is 3.24. The van der Waals surface area contributed by atoms with Gasteiger partial charge in [-0.1, -0.05) is 11.6 Å². The third-order valence-electron chi connectivity index (χ3n) is 2.35. The summed E-state index contributed by atoms with van der Waals surface area (Å²) in [6, 6.07) is 2.72. The Balaban J connectivity index is 3.02. The summed E-state index contributed by atoms with van der Waals surface area (Å²) < 4.78 is 36.2. The van der Waals surface area contributed by atoms with E-state index >= 15 is 0 Å². The number of sulfone groups is 1. The Bertz CT molecular complexity index is 479. The molecule has 17 heavy (non-hydrogen) atoms. The molecule has 0 aliphatic carbocycles. The van der Waals surface area contributed by atoms with E-state index in [-0.39, 0.29) is 5.02 Å². The molecular formula is C11H15ClFNO2S. The Morgan fingerprint density at radius 2 is 2.00 bits per heavy atom. The minimum absolute atomic E-state index is 0.0600. The third kappa shape index (κ3) is 3.94. The van der Waals surface area contributed by atoms with Gasteiger partial charge in [0.15, 0.2) is 9.84 Å². The molecule has 96 valence electrons. The highest BCUT2D eigenvalue weighted by Crippen LogP contribution is 2.26. The number of hydrogen-bond donors (Lipinski definition) is 1. The van der Waals surface area contributed by atoms with Crippen molar-refractivity contribution in [3.05, 3.63) is 28.5 Å². The molecule has 0 fully saturated rings. The van der Waals surface area contributed by atoms with Crippen molar-refractivity contribution >= 4 is 21.4 Å². The standard InChI is InChI=1S/C11H15ClFNO2S/c1-17(15,16)11-9(12)6-8(7-10(11)13)4-2-3-5-14/h6-7H,2-5,14H2,1H3. The van der Waals surface area contributed by atoms with Crippen LogP contribution >= 0.6 is 11.6 Å². The first kappa shape index (κ1) is 14.4. The predicted octanol–water partition coefficient (Wildman–Crippen LogP) is 2.16. The van der Waals surface area contributed by atoms with Crippen molar-refractivity contribution in [1.29, 1.82) is 0 Å². The van der Waals surface area contributed by atoms with E-state index < -0.39 is 20.5 Å². The summed E-state index contributed by atoms with van der Waals surface area (Å²) in [5, 5.41) is -0.0600. The molecule has 0 saturated heterocycles. The number of unbranched alkanes of at least 4 members (excludes halogenated alkanes) is 1. The molecule has 0 bridgehead atoms. The lowest BCUT2D eigenvalue weighted by Crippen LogP contribution is -2.04. The Hall–Kier alpha value is -0.650. The lowest BCUT2D eigenvalue weighted by molar-refractivity contribution is 0.569. The zero-order valence-corrected chi connectivity index (χ0v) is 11.1. The SMILES string of the molecule is CS(=O)(=O)c1c(F)cc(CCCCN)cc1Cl. The van der Waals surface area contributed by atoms with Gasteiger partial charge in [-0.25, -0.2) is 12.8 Å². The second-order valence-corrected chi connectivity index (χ2v) is 6.27. The Labute approximate surface area is 106 Å². The highest BCUT2D eigenvalue weighted by Gasteiger charge is 2.18. The molecule has 0 unspecified atom stereocenters. The molecule has 0 saturated carbocycles. The summed E-state index contributed by atoms with van der Waals surface area (Å²) >= 11 is 5.79. The minimum Gasteiger partial charge on any atom is -0.330 e. The first-order valence-electron chi connectivity index (χ1n) is 5.24. The zero-order valence-electron chi connectivity index (χ0n) is 9.54. The first-order valence-corrected chi connectivity index (χ1v) is 7.51. The average molecular weight is 280 g/mol. The van der Waals surface area contributed by atoms with Crippen molar-refractivity contribution in [3.8, 4) is 0 Å². The molecule has 0 atom stereocenters. The number of benzene rings is 1. The lowest BCUT2D eigenvalue weighted by atomic mass is 10.1. The van der Waals surface area contributed by atoms with Crippen LogP contribution < -0.4 is 5.73 Å². The summed E-state index contributed by atoms with van der Waals surface area (Å²) in [6.45, 7) is 0.581. The molecule has 1 aromatic carbocycles. The van der Waals surface area contributed by atoms with Crippen molar-refractivity contribution < 1.29 is 12.8 Å². The van der Waals surface area contributed by atoms with Gasteiger partial charge < -0.3 is 5.73 Å². The zero-order chi connectivity index (χ0) is 13.1. The monoisotopic (exact) mass is 279 g/mol. The van der Waals surface area contributed by atoms with Crippen LogP contribution in [0.2, 0.25) is 5.02 Å². The molecule has 1 rings (SSSR count). The van der Waals surface area contributed by atoms with Crippen LogP contribution in [0, 0.1) is 5.82 Å². The fourth-order valence-electron chi connectivity index (χ4n) is 1.58. The highest BCUT2D eigenvalue weighted by molar-refractivity contribution is 7.90. The minimum atomic E-state index is -3.63. The maximum Gasteiger partial charge on any atom is 0.179 e. The van der Waals surface area contributed by atoms with E-state index in [9.17, 15) is 12.8 Å². The molecule has 0 spiro atoms. The van der Waals surface area contributed by atoms with E-state index in [0.29, 0.717) is 18.5 Å². The number of hydrogen-bond acceptors (Lipinski definition) is 3. The van der Waals surface area contributed by atoms with Crippen LogP contribution in [0.1, 0.15) is 18.4 Å². The maximum absolute atomic E-state index is 13.6. The van der Waals surface area contributed by atoms with Crippen molar-refractivity contribution in [1.82, 2.24) is 0 Å². The van der Waals surface area contributed by atoms with Gasteiger partial charge >= 0.3 is 0 Å². The average Bonchev–Trinajstić information content (AvgIpc) is 2.14. The van der Waals surface area contributed by atoms with Gasteiger partial charge in [0.25, 0.3) is 0 Å². The Morgan fingerprint density at radius 3 is 2.47 bits per heavy atom. The first-order chi connectivity index (χ1) is 7.86. The second-order valence-electron chi connectivity index (χ2n) is 3.91. The normalized spacial score (nSPS) is 11.8. The smallest absolute Gasteiger partial charge is 0.179 e. The Kier molecular flexibility index (Phi) is 4.91. The summed E-state index contributed by atoms with van der Waals surface area (Å²) in [7, 11) is -3.63. The van der Waals surface area contributed by atoms with Crippen molar-refractivity contribution in [2.24, 2.45) is 5.73 Å². The summed E-state index contributed by atoms with van der Waals surface area (Å²) in [4.78, 5) is -0.429. The van der Waals surface area contributed by atoms with Gasteiger partial charge in [0, 0.05) is 6.26 Å². The third-order valence-corrected chi connectivity index (χ3v) is 3.92. The van der Waals surface area contributed by atoms with E-state index in [1.807, 2.05) is 0 Å². The molecular weight excluding hydrogens is 265 g/mol. The van der Waals surface area contributed by atoms with Gasteiger partial charge in [-0.3, -0.25) is 0 Å². The lowest BCUT2D eigenvalue weighted by Gasteiger charge is -2.07. The molecule has 0 radical (unpaired) electrons. The molecule has 0 aliphatic heterocycles. The maximum atomic E-state index is 13.6. The topological polar surface area (TPSA) is 60.2 Å². The van der Waals surface area contributed by atoms with E-state index in [1.54, 1.807) is 0 Å². The van der Waals surface area contributed by atoms with Crippen LogP contribution in [-0.4, -0.2) is 21.2 Å². The van der Waals surface area contributed by atoms with Crippen molar-refractivity contribution in [3.63, 3.8) is 0 Å². The van der Waals surface area contributed by atoms with Crippen LogP contribution in [0.3, 0.4) is 0 Å². The Morgan fingerprint density at radius 1 is 1.35 bits per heavy atom.